The molecule has 2 heterocycles. The summed E-state index contributed by atoms with van der Waals surface area (Å²) in [4.78, 5) is 0. The van der Waals surface area contributed by atoms with Crippen molar-refractivity contribution in [2.75, 3.05) is 13.7 Å². The SMILES string of the molecule is CCc1c(C)nn(-c2ccn(CCOC)n2)c1C. The topological polar surface area (TPSA) is 44.9 Å². The minimum Gasteiger partial charge on any atom is -0.383 e. The molecule has 0 unspecified atom stereocenters. The van der Waals surface area contributed by atoms with E-state index < -0.39 is 0 Å². The lowest BCUT2D eigenvalue weighted by Crippen LogP contribution is -2.07. The first-order chi connectivity index (χ1) is 8.67. The lowest BCUT2D eigenvalue weighted by molar-refractivity contribution is 0.183. The third-order valence-electron chi connectivity index (χ3n) is 3.16. The molecule has 5 heteroatoms. The number of hydrogen-bond donors (Lipinski definition) is 0. The molecule has 0 bridgehead atoms. The Kier molecular flexibility index (Phi) is 3.81. The van der Waals surface area contributed by atoms with Crippen LogP contribution in [0, 0.1) is 13.8 Å². The Hall–Kier alpha value is -1.62. The molecule has 0 spiro atoms. The second-order valence-corrected chi connectivity index (χ2v) is 4.34. The standard InChI is InChI=1S/C13H20N4O/c1-5-12-10(2)14-17(11(12)3)13-6-7-16(15-13)8-9-18-4/h6-7H,5,8-9H2,1-4H3. The van der Waals surface area contributed by atoms with Crippen molar-refractivity contribution in [3.8, 4) is 5.82 Å². The maximum atomic E-state index is 5.04. The monoisotopic (exact) mass is 248 g/mol. The summed E-state index contributed by atoms with van der Waals surface area (Å²) in [5, 5.41) is 9.06. The van der Waals surface area contributed by atoms with Gasteiger partial charge >= 0.3 is 0 Å². The molecule has 98 valence electrons. The minimum atomic E-state index is 0.665. The minimum absolute atomic E-state index is 0.665. The first-order valence-electron chi connectivity index (χ1n) is 6.25. The van der Waals surface area contributed by atoms with Crippen LogP contribution in [0.4, 0.5) is 0 Å². The van der Waals surface area contributed by atoms with E-state index in [1.54, 1.807) is 7.11 Å². The second-order valence-electron chi connectivity index (χ2n) is 4.34. The van der Waals surface area contributed by atoms with Crippen molar-refractivity contribution < 1.29 is 4.74 Å². The maximum Gasteiger partial charge on any atom is 0.175 e. The van der Waals surface area contributed by atoms with Crippen LogP contribution in [-0.4, -0.2) is 33.3 Å². The van der Waals surface area contributed by atoms with Gasteiger partial charge in [-0.2, -0.15) is 10.2 Å². The molecule has 0 aromatic carbocycles. The molecule has 0 aliphatic heterocycles. The van der Waals surface area contributed by atoms with Crippen molar-refractivity contribution in [2.45, 2.75) is 33.7 Å². The van der Waals surface area contributed by atoms with Crippen LogP contribution < -0.4 is 0 Å². The van der Waals surface area contributed by atoms with Gasteiger partial charge in [-0.25, -0.2) is 4.68 Å². The molecular formula is C13H20N4O. The third kappa shape index (κ3) is 2.31. The summed E-state index contributed by atoms with van der Waals surface area (Å²) in [6.45, 7) is 7.71. The van der Waals surface area contributed by atoms with Gasteiger partial charge in [0.2, 0.25) is 0 Å². The van der Waals surface area contributed by atoms with Gasteiger partial charge in [0.15, 0.2) is 5.82 Å². The quantitative estimate of drug-likeness (QED) is 0.811. The smallest absolute Gasteiger partial charge is 0.175 e. The number of methoxy groups -OCH3 is 1. The summed E-state index contributed by atoms with van der Waals surface area (Å²) in [6.07, 6.45) is 2.96. The van der Waals surface area contributed by atoms with Crippen LogP contribution in [0.5, 0.6) is 0 Å². The molecule has 0 radical (unpaired) electrons. The van der Waals surface area contributed by atoms with Crippen LogP contribution in [-0.2, 0) is 17.7 Å². The molecule has 5 nitrogen and oxygen atoms in total. The first kappa shape index (κ1) is 12.8. The van der Waals surface area contributed by atoms with Gasteiger partial charge in [0, 0.05) is 25.1 Å². The normalized spacial score (nSPS) is 11.1. The van der Waals surface area contributed by atoms with Crippen molar-refractivity contribution in [3.63, 3.8) is 0 Å². The molecule has 2 aromatic rings. The van der Waals surface area contributed by atoms with E-state index in [-0.39, 0.29) is 0 Å². The molecule has 0 N–H and O–H groups in total. The lowest BCUT2D eigenvalue weighted by atomic mass is 10.1. The number of ether oxygens (including phenoxy) is 1. The summed E-state index contributed by atoms with van der Waals surface area (Å²) in [5.74, 6) is 0.867. The zero-order valence-electron chi connectivity index (χ0n) is 11.5. The average molecular weight is 248 g/mol. The zero-order chi connectivity index (χ0) is 13.1. The molecular weight excluding hydrogens is 228 g/mol. The molecule has 18 heavy (non-hydrogen) atoms. The molecule has 0 aliphatic carbocycles. The lowest BCUT2D eigenvalue weighted by Gasteiger charge is -2.01. The van der Waals surface area contributed by atoms with Crippen LogP contribution in [0.1, 0.15) is 23.9 Å². The fraction of sp³-hybridized carbons (Fsp3) is 0.538. The van der Waals surface area contributed by atoms with Gasteiger partial charge in [0.1, 0.15) is 0 Å². The van der Waals surface area contributed by atoms with E-state index in [4.69, 9.17) is 4.74 Å². The average Bonchev–Trinajstić information content (AvgIpc) is 2.92. The zero-order valence-corrected chi connectivity index (χ0v) is 11.5. The van der Waals surface area contributed by atoms with E-state index in [1.165, 1.54) is 11.3 Å². The van der Waals surface area contributed by atoms with Gasteiger partial charge < -0.3 is 4.74 Å². The molecule has 0 amide bonds. The van der Waals surface area contributed by atoms with E-state index in [9.17, 15) is 0 Å². The highest BCUT2D eigenvalue weighted by Gasteiger charge is 2.12. The van der Waals surface area contributed by atoms with Gasteiger partial charge in [-0.3, -0.25) is 4.68 Å². The number of aromatic nitrogens is 4. The number of nitrogens with zero attached hydrogens (tertiary/aromatic N) is 4. The molecule has 2 rings (SSSR count). The Morgan fingerprint density at radius 3 is 2.67 bits per heavy atom. The maximum absolute atomic E-state index is 5.04. The van der Waals surface area contributed by atoms with Gasteiger partial charge in [0.05, 0.1) is 18.8 Å². The van der Waals surface area contributed by atoms with Crippen LogP contribution >= 0.6 is 0 Å². The van der Waals surface area contributed by atoms with Gasteiger partial charge in [-0.15, -0.1) is 0 Å². The summed E-state index contributed by atoms with van der Waals surface area (Å²) >= 11 is 0. The molecule has 0 saturated heterocycles. The van der Waals surface area contributed by atoms with Crippen LogP contribution in [0.2, 0.25) is 0 Å². The Balaban J connectivity index is 2.28. The molecule has 2 aromatic heterocycles. The number of rotatable bonds is 5. The number of hydrogen-bond acceptors (Lipinski definition) is 3. The fourth-order valence-electron chi connectivity index (χ4n) is 2.18. The molecule has 0 fully saturated rings. The Morgan fingerprint density at radius 1 is 1.28 bits per heavy atom. The van der Waals surface area contributed by atoms with E-state index >= 15 is 0 Å². The van der Waals surface area contributed by atoms with Crippen molar-refractivity contribution >= 4 is 0 Å². The highest BCUT2D eigenvalue weighted by molar-refractivity contribution is 5.31. The summed E-state index contributed by atoms with van der Waals surface area (Å²) in [6, 6.07) is 1.98. The highest BCUT2D eigenvalue weighted by atomic mass is 16.5. The van der Waals surface area contributed by atoms with Gasteiger partial charge in [-0.1, -0.05) is 6.92 Å². The van der Waals surface area contributed by atoms with Crippen molar-refractivity contribution in [1.29, 1.82) is 0 Å². The van der Waals surface area contributed by atoms with Crippen LogP contribution in [0.3, 0.4) is 0 Å². The van der Waals surface area contributed by atoms with E-state index in [1.807, 2.05) is 28.6 Å². The highest BCUT2D eigenvalue weighted by Crippen LogP contribution is 2.16. The van der Waals surface area contributed by atoms with Gasteiger partial charge in [0.25, 0.3) is 0 Å². The van der Waals surface area contributed by atoms with Crippen molar-refractivity contribution in [3.05, 3.63) is 29.2 Å². The third-order valence-corrected chi connectivity index (χ3v) is 3.16. The summed E-state index contributed by atoms with van der Waals surface area (Å²) in [5.41, 5.74) is 3.56. The molecule has 0 saturated carbocycles. The predicted octanol–water partition coefficient (Wildman–Crippen LogP) is 1.89. The van der Waals surface area contributed by atoms with Gasteiger partial charge in [-0.05, 0) is 25.8 Å². The Bertz CT molecular complexity index is 527. The van der Waals surface area contributed by atoms with E-state index in [2.05, 4.69) is 24.0 Å². The predicted molar refractivity (Wildman–Crippen MR) is 70.1 cm³/mol. The Labute approximate surface area is 107 Å². The summed E-state index contributed by atoms with van der Waals surface area (Å²) < 4.78 is 8.83. The van der Waals surface area contributed by atoms with Crippen LogP contribution in [0.25, 0.3) is 5.82 Å². The van der Waals surface area contributed by atoms with E-state index in [0.717, 1.165) is 24.5 Å². The van der Waals surface area contributed by atoms with Crippen molar-refractivity contribution in [2.24, 2.45) is 0 Å². The Morgan fingerprint density at radius 2 is 2.06 bits per heavy atom. The fourth-order valence-corrected chi connectivity index (χ4v) is 2.18. The van der Waals surface area contributed by atoms with E-state index in [0.29, 0.717) is 6.61 Å². The van der Waals surface area contributed by atoms with Crippen LogP contribution in [0.15, 0.2) is 12.3 Å². The summed E-state index contributed by atoms with van der Waals surface area (Å²) in [7, 11) is 1.69. The first-order valence-corrected chi connectivity index (χ1v) is 6.25. The van der Waals surface area contributed by atoms with Crippen molar-refractivity contribution in [1.82, 2.24) is 19.6 Å². The largest absolute Gasteiger partial charge is 0.383 e. The number of aryl methyl sites for hydroxylation is 1. The second kappa shape index (κ2) is 5.35. The molecule has 0 atom stereocenters. The molecule has 0 aliphatic rings.